The van der Waals surface area contributed by atoms with Gasteiger partial charge in [-0.3, -0.25) is 4.79 Å². The molecule has 43 heavy (non-hydrogen) atoms. The van der Waals surface area contributed by atoms with E-state index in [0.717, 1.165) is 83.5 Å². The number of unbranched alkanes of at least 4 members (excludes halogenated alkanes) is 8. The Kier molecular flexibility index (Phi) is 33.7. The van der Waals surface area contributed by atoms with Gasteiger partial charge in [0, 0.05) is 13.0 Å². The fourth-order valence-electron chi connectivity index (χ4n) is 4.19. The molecule has 0 radical (unpaired) electrons. The molecule has 0 aromatic heterocycles. The monoisotopic (exact) mass is 596 g/mol. The molecule has 0 fully saturated rings. The van der Waals surface area contributed by atoms with Crippen LogP contribution in [0.15, 0.2) is 85.1 Å². The Morgan fingerprint density at radius 1 is 0.581 bits per heavy atom. The lowest BCUT2D eigenvalue weighted by Gasteiger charge is -2.15. The number of aliphatic hydroxyl groups is 1. The van der Waals surface area contributed by atoms with Crippen molar-refractivity contribution in [1.82, 2.24) is 0 Å². The van der Waals surface area contributed by atoms with E-state index in [1.54, 1.807) is 0 Å². The second-order valence-corrected chi connectivity index (χ2v) is 10.9. The van der Waals surface area contributed by atoms with Crippen LogP contribution < -0.4 is 0 Å². The van der Waals surface area contributed by atoms with E-state index in [2.05, 4.69) is 98.9 Å². The predicted octanol–water partition coefficient (Wildman–Crippen LogP) is 10.9. The SMILES string of the molecule is CC/C=C\C/C=C\C/C=C\C/C=C\C/C=C\C/C=C\C/C=C\CCCCCCOCC(CO)OC(=O)CCCCCCC. The Hall–Kier alpha value is -2.43. The van der Waals surface area contributed by atoms with Crippen LogP contribution in [0.5, 0.6) is 0 Å². The topological polar surface area (TPSA) is 55.8 Å². The van der Waals surface area contributed by atoms with Gasteiger partial charge in [0.15, 0.2) is 0 Å². The van der Waals surface area contributed by atoms with Crippen LogP contribution in [-0.2, 0) is 14.3 Å². The Morgan fingerprint density at radius 3 is 1.56 bits per heavy atom. The van der Waals surface area contributed by atoms with E-state index in [-0.39, 0.29) is 19.2 Å². The molecule has 0 saturated heterocycles. The van der Waals surface area contributed by atoms with Gasteiger partial charge in [-0.25, -0.2) is 0 Å². The van der Waals surface area contributed by atoms with Crippen molar-refractivity contribution in [2.45, 2.75) is 136 Å². The number of carbonyl (C=O) groups excluding carboxylic acids is 1. The summed E-state index contributed by atoms with van der Waals surface area (Å²) in [5.41, 5.74) is 0. The maximum Gasteiger partial charge on any atom is 0.306 e. The van der Waals surface area contributed by atoms with Crippen LogP contribution in [0.25, 0.3) is 0 Å². The first-order valence-electron chi connectivity index (χ1n) is 17.2. The van der Waals surface area contributed by atoms with Crippen molar-refractivity contribution in [2.75, 3.05) is 19.8 Å². The molecular weight excluding hydrogens is 532 g/mol. The highest BCUT2D eigenvalue weighted by molar-refractivity contribution is 5.69. The maximum atomic E-state index is 11.9. The molecule has 1 N–H and O–H groups in total. The molecule has 1 atom stereocenters. The van der Waals surface area contributed by atoms with Gasteiger partial charge in [-0.05, 0) is 70.6 Å². The van der Waals surface area contributed by atoms with Crippen molar-refractivity contribution < 1.29 is 19.4 Å². The summed E-state index contributed by atoms with van der Waals surface area (Å²) in [6.45, 7) is 5.06. The van der Waals surface area contributed by atoms with Gasteiger partial charge in [-0.15, -0.1) is 0 Å². The molecule has 4 nitrogen and oxygen atoms in total. The van der Waals surface area contributed by atoms with Gasteiger partial charge < -0.3 is 14.6 Å². The van der Waals surface area contributed by atoms with Crippen LogP contribution in [0.4, 0.5) is 0 Å². The molecule has 0 bridgehead atoms. The van der Waals surface area contributed by atoms with Crippen molar-refractivity contribution in [1.29, 1.82) is 0 Å². The van der Waals surface area contributed by atoms with Crippen molar-refractivity contribution in [2.24, 2.45) is 0 Å². The molecule has 0 aromatic rings. The molecular formula is C39H64O4. The number of rotatable bonds is 30. The third-order valence-electron chi connectivity index (χ3n) is 6.73. The highest BCUT2D eigenvalue weighted by Crippen LogP contribution is 2.08. The summed E-state index contributed by atoms with van der Waals surface area (Å²) in [5.74, 6) is -0.229. The number of hydrogen-bond acceptors (Lipinski definition) is 4. The van der Waals surface area contributed by atoms with Gasteiger partial charge in [0.25, 0.3) is 0 Å². The fraction of sp³-hybridized carbons (Fsp3) is 0.615. The Balaban J connectivity index is 3.57. The Morgan fingerprint density at radius 2 is 1.05 bits per heavy atom. The zero-order chi connectivity index (χ0) is 31.3. The fourth-order valence-corrected chi connectivity index (χ4v) is 4.19. The molecule has 0 heterocycles. The molecule has 0 rings (SSSR count). The molecule has 4 heteroatoms. The molecule has 0 aromatic carbocycles. The summed E-state index contributed by atoms with van der Waals surface area (Å²) in [6, 6.07) is 0. The first-order chi connectivity index (χ1) is 21.2. The van der Waals surface area contributed by atoms with Crippen LogP contribution in [0.2, 0.25) is 0 Å². The average Bonchev–Trinajstić information content (AvgIpc) is 3.01. The summed E-state index contributed by atoms with van der Waals surface area (Å²) in [7, 11) is 0. The zero-order valence-corrected chi connectivity index (χ0v) is 27.7. The van der Waals surface area contributed by atoms with Gasteiger partial charge in [-0.1, -0.05) is 137 Å². The average molecular weight is 597 g/mol. The summed E-state index contributed by atoms with van der Waals surface area (Å²) in [6.07, 6.45) is 49.4. The molecule has 1 unspecified atom stereocenters. The van der Waals surface area contributed by atoms with E-state index in [0.29, 0.717) is 13.0 Å². The standard InChI is InChI=1S/C39H64O4/c1-3-5-7-9-10-11-12-13-14-15-16-17-18-19-20-21-22-23-24-25-26-27-28-29-31-33-35-42-37-38(36-40)43-39(41)34-32-30-8-6-4-2/h5,7,10-11,13-14,16-17,19-20,22-23,25-26,38,40H,3-4,6,8-9,12,15,18,21,24,27-37H2,1-2H3/b7-5-,11-10-,14-13-,17-16-,20-19-,23-22-,26-25-. The minimum atomic E-state index is -0.547. The first-order valence-corrected chi connectivity index (χ1v) is 17.2. The lowest BCUT2D eigenvalue weighted by Crippen LogP contribution is -2.27. The number of ether oxygens (including phenoxy) is 2. The summed E-state index contributed by atoms with van der Waals surface area (Å²) >= 11 is 0. The number of allylic oxidation sites excluding steroid dienone is 14. The highest BCUT2D eigenvalue weighted by atomic mass is 16.6. The molecule has 0 aliphatic carbocycles. The quantitative estimate of drug-likeness (QED) is 0.0509. The molecule has 0 aliphatic heterocycles. The summed E-state index contributed by atoms with van der Waals surface area (Å²) < 4.78 is 11.0. The Bertz CT molecular complexity index is 800. The van der Waals surface area contributed by atoms with Crippen LogP contribution in [0.1, 0.15) is 129 Å². The smallest absolute Gasteiger partial charge is 0.306 e. The number of aliphatic hydroxyl groups excluding tert-OH is 1. The molecule has 0 amide bonds. The lowest BCUT2D eigenvalue weighted by atomic mass is 10.1. The third kappa shape index (κ3) is 33.9. The lowest BCUT2D eigenvalue weighted by molar-refractivity contribution is -0.154. The van der Waals surface area contributed by atoms with Gasteiger partial charge in [0.05, 0.1) is 13.2 Å². The number of esters is 1. The van der Waals surface area contributed by atoms with Crippen molar-refractivity contribution in [3.63, 3.8) is 0 Å². The summed E-state index contributed by atoms with van der Waals surface area (Å²) in [4.78, 5) is 11.9. The molecule has 0 aliphatic rings. The highest BCUT2D eigenvalue weighted by Gasteiger charge is 2.13. The Labute approximate surface area is 265 Å². The largest absolute Gasteiger partial charge is 0.457 e. The second kappa shape index (κ2) is 35.8. The van der Waals surface area contributed by atoms with Gasteiger partial charge in [0.2, 0.25) is 0 Å². The van der Waals surface area contributed by atoms with Crippen molar-refractivity contribution in [3.05, 3.63) is 85.1 Å². The zero-order valence-electron chi connectivity index (χ0n) is 27.7. The van der Waals surface area contributed by atoms with E-state index in [4.69, 9.17) is 9.47 Å². The minimum absolute atomic E-state index is 0.188. The van der Waals surface area contributed by atoms with Crippen LogP contribution in [0, 0.1) is 0 Å². The number of carbonyl (C=O) groups is 1. The maximum absolute atomic E-state index is 11.9. The number of hydrogen-bond donors (Lipinski definition) is 1. The molecule has 0 spiro atoms. The first kappa shape index (κ1) is 40.6. The second-order valence-electron chi connectivity index (χ2n) is 10.9. The van der Waals surface area contributed by atoms with Crippen LogP contribution >= 0.6 is 0 Å². The van der Waals surface area contributed by atoms with Crippen LogP contribution in [-0.4, -0.2) is 37.0 Å². The predicted molar refractivity (Wildman–Crippen MR) is 186 cm³/mol. The minimum Gasteiger partial charge on any atom is -0.457 e. The van der Waals surface area contributed by atoms with Crippen LogP contribution in [0.3, 0.4) is 0 Å². The van der Waals surface area contributed by atoms with Crippen molar-refractivity contribution >= 4 is 5.97 Å². The van der Waals surface area contributed by atoms with E-state index in [1.807, 2.05) is 0 Å². The molecule has 244 valence electrons. The van der Waals surface area contributed by atoms with E-state index >= 15 is 0 Å². The van der Waals surface area contributed by atoms with E-state index in [9.17, 15) is 9.90 Å². The van der Waals surface area contributed by atoms with Gasteiger partial charge in [0.1, 0.15) is 6.10 Å². The van der Waals surface area contributed by atoms with Gasteiger partial charge >= 0.3 is 5.97 Å². The van der Waals surface area contributed by atoms with Gasteiger partial charge in [-0.2, -0.15) is 0 Å². The summed E-state index contributed by atoms with van der Waals surface area (Å²) in [5, 5.41) is 9.44. The van der Waals surface area contributed by atoms with E-state index in [1.165, 1.54) is 25.7 Å². The normalized spacial score (nSPS) is 13.5. The molecule has 0 saturated carbocycles. The van der Waals surface area contributed by atoms with E-state index < -0.39 is 6.10 Å². The van der Waals surface area contributed by atoms with Crippen molar-refractivity contribution in [3.8, 4) is 0 Å². The third-order valence-corrected chi connectivity index (χ3v) is 6.73.